The second kappa shape index (κ2) is 6.49. The minimum atomic E-state index is 0.567. The molecule has 4 aromatic rings. The van der Waals surface area contributed by atoms with Crippen molar-refractivity contribution in [2.24, 2.45) is 0 Å². The van der Waals surface area contributed by atoms with Gasteiger partial charge in [-0.2, -0.15) is 0 Å². The van der Waals surface area contributed by atoms with Crippen LogP contribution in [-0.4, -0.2) is 15.0 Å². The van der Waals surface area contributed by atoms with E-state index in [1.54, 1.807) is 10.7 Å². The Balaban J connectivity index is 1.55. The molecule has 121 valence electrons. The SMILES string of the molecule is Nc1[c]c(-n2cc(-c3ccc(Oc4ccccc4)cc3)nn2)ccc1. The molecule has 0 atom stereocenters. The first-order chi connectivity index (χ1) is 12.3. The van der Waals surface area contributed by atoms with E-state index >= 15 is 0 Å². The molecule has 0 saturated heterocycles. The number of ether oxygens (including phenoxy) is 1. The van der Waals surface area contributed by atoms with Crippen molar-refractivity contribution in [3.63, 3.8) is 0 Å². The average Bonchev–Trinajstić information content (AvgIpc) is 3.13. The Hall–Kier alpha value is -3.60. The monoisotopic (exact) mass is 327 g/mol. The van der Waals surface area contributed by atoms with Crippen molar-refractivity contribution in [1.29, 1.82) is 0 Å². The number of aromatic nitrogens is 3. The second-order valence-electron chi connectivity index (χ2n) is 5.48. The molecule has 2 N–H and O–H groups in total. The van der Waals surface area contributed by atoms with E-state index in [1.165, 1.54) is 0 Å². The van der Waals surface area contributed by atoms with Crippen molar-refractivity contribution < 1.29 is 4.74 Å². The highest BCUT2D eigenvalue weighted by molar-refractivity contribution is 5.59. The van der Waals surface area contributed by atoms with Crippen molar-refractivity contribution in [3.05, 3.63) is 85.1 Å². The third-order valence-corrected chi connectivity index (χ3v) is 3.67. The predicted octanol–water partition coefficient (Wildman–Crippen LogP) is 4.11. The summed E-state index contributed by atoms with van der Waals surface area (Å²) in [7, 11) is 0. The van der Waals surface area contributed by atoms with Gasteiger partial charge in [-0.05, 0) is 48.5 Å². The van der Waals surface area contributed by atoms with E-state index in [-0.39, 0.29) is 0 Å². The van der Waals surface area contributed by atoms with E-state index in [4.69, 9.17) is 10.5 Å². The lowest BCUT2D eigenvalue weighted by Gasteiger charge is -2.05. The first-order valence-electron chi connectivity index (χ1n) is 7.82. The van der Waals surface area contributed by atoms with Crippen LogP contribution in [0, 0.1) is 6.07 Å². The molecular weight excluding hydrogens is 312 g/mol. The van der Waals surface area contributed by atoms with Gasteiger partial charge in [-0.15, -0.1) is 5.10 Å². The number of para-hydroxylation sites is 1. The van der Waals surface area contributed by atoms with Crippen molar-refractivity contribution in [2.45, 2.75) is 0 Å². The van der Waals surface area contributed by atoms with Crippen LogP contribution in [0.1, 0.15) is 0 Å². The number of nitrogens with two attached hydrogens (primary N) is 1. The summed E-state index contributed by atoms with van der Waals surface area (Å²) in [5.41, 5.74) is 8.80. The van der Waals surface area contributed by atoms with Crippen LogP contribution in [0.2, 0.25) is 0 Å². The normalized spacial score (nSPS) is 10.6. The first-order valence-corrected chi connectivity index (χ1v) is 7.82. The predicted molar refractivity (Wildman–Crippen MR) is 96.6 cm³/mol. The van der Waals surface area contributed by atoms with E-state index in [9.17, 15) is 0 Å². The minimum Gasteiger partial charge on any atom is -0.457 e. The number of hydrogen-bond acceptors (Lipinski definition) is 4. The molecule has 1 heterocycles. The molecule has 0 spiro atoms. The van der Waals surface area contributed by atoms with Crippen LogP contribution < -0.4 is 10.5 Å². The van der Waals surface area contributed by atoms with Gasteiger partial charge in [-0.3, -0.25) is 0 Å². The van der Waals surface area contributed by atoms with Crippen molar-refractivity contribution >= 4 is 5.69 Å². The van der Waals surface area contributed by atoms with Gasteiger partial charge in [0, 0.05) is 17.3 Å². The lowest BCUT2D eigenvalue weighted by Crippen LogP contribution is -1.96. The summed E-state index contributed by atoms with van der Waals surface area (Å²) in [6.45, 7) is 0. The average molecular weight is 327 g/mol. The van der Waals surface area contributed by atoms with Crippen molar-refractivity contribution in [2.75, 3.05) is 5.73 Å². The molecule has 0 bridgehead atoms. The molecule has 0 amide bonds. The number of benzene rings is 3. The van der Waals surface area contributed by atoms with Gasteiger partial charge in [0.05, 0.1) is 11.9 Å². The fourth-order valence-corrected chi connectivity index (χ4v) is 2.44. The van der Waals surface area contributed by atoms with Crippen LogP contribution in [0.3, 0.4) is 0 Å². The molecular formula is C20H15N4O. The molecule has 0 saturated carbocycles. The van der Waals surface area contributed by atoms with E-state index in [1.807, 2.05) is 72.9 Å². The van der Waals surface area contributed by atoms with Gasteiger partial charge in [-0.1, -0.05) is 29.5 Å². The smallest absolute Gasteiger partial charge is 0.127 e. The third kappa shape index (κ3) is 3.35. The first kappa shape index (κ1) is 15.0. The quantitative estimate of drug-likeness (QED) is 0.573. The zero-order chi connectivity index (χ0) is 17.1. The highest BCUT2D eigenvalue weighted by Crippen LogP contribution is 2.25. The van der Waals surface area contributed by atoms with Crippen LogP contribution in [0.4, 0.5) is 5.69 Å². The molecule has 5 heteroatoms. The second-order valence-corrected chi connectivity index (χ2v) is 5.48. The van der Waals surface area contributed by atoms with Gasteiger partial charge in [0.1, 0.15) is 17.2 Å². The summed E-state index contributed by atoms with van der Waals surface area (Å²) < 4.78 is 7.45. The molecule has 0 aliphatic rings. The summed E-state index contributed by atoms with van der Waals surface area (Å²) in [4.78, 5) is 0. The molecule has 0 aliphatic heterocycles. The Kier molecular flexibility index (Phi) is 3.88. The van der Waals surface area contributed by atoms with E-state index < -0.39 is 0 Å². The number of nitrogen functional groups attached to an aromatic ring is 1. The van der Waals surface area contributed by atoms with E-state index in [0.717, 1.165) is 28.4 Å². The number of hydrogen-bond donors (Lipinski definition) is 1. The molecule has 1 radical (unpaired) electrons. The Labute approximate surface area is 145 Å². The fraction of sp³-hybridized carbons (Fsp3) is 0. The lowest BCUT2D eigenvalue weighted by atomic mass is 10.1. The molecule has 4 rings (SSSR count). The highest BCUT2D eigenvalue weighted by atomic mass is 16.5. The lowest BCUT2D eigenvalue weighted by molar-refractivity contribution is 0.483. The number of rotatable bonds is 4. The van der Waals surface area contributed by atoms with Gasteiger partial charge in [0.15, 0.2) is 0 Å². The molecule has 3 aromatic carbocycles. The molecule has 0 fully saturated rings. The van der Waals surface area contributed by atoms with Crippen LogP contribution in [0.5, 0.6) is 11.5 Å². The molecule has 1 aromatic heterocycles. The maximum Gasteiger partial charge on any atom is 0.127 e. The summed E-state index contributed by atoms with van der Waals surface area (Å²) >= 11 is 0. The zero-order valence-corrected chi connectivity index (χ0v) is 13.3. The minimum absolute atomic E-state index is 0.567. The van der Waals surface area contributed by atoms with Crippen LogP contribution in [-0.2, 0) is 0 Å². The van der Waals surface area contributed by atoms with Crippen molar-refractivity contribution in [1.82, 2.24) is 15.0 Å². The van der Waals surface area contributed by atoms with Crippen LogP contribution in [0.15, 0.2) is 79.0 Å². The Morgan fingerprint density at radius 3 is 2.36 bits per heavy atom. The molecule has 0 unspecified atom stereocenters. The van der Waals surface area contributed by atoms with Crippen LogP contribution >= 0.6 is 0 Å². The maximum atomic E-state index is 5.80. The Morgan fingerprint density at radius 2 is 1.60 bits per heavy atom. The van der Waals surface area contributed by atoms with E-state index in [0.29, 0.717) is 5.69 Å². The Bertz CT molecular complexity index is 978. The molecule has 5 nitrogen and oxygen atoms in total. The Morgan fingerprint density at radius 1 is 0.840 bits per heavy atom. The van der Waals surface area contributed by atoms with Gasteiger partial charge >= 0.3 is 0 Å². The largest absolute Gasteiger partial charge is 0.457 e. The topological polar surface area (TPSA) is 66.0 Å². The molecule has 0 aliphatic carbocycles. The van der Waals surface area contributed by atoms with Gasteiger partial charge < -0.3 is 10.5 Å². The summed E-state index contributed by atoms with van der Waals surface area (Å²) in [6, 6.07) is 26.0. The summed E-state index contributed by atoms with van der Waals surface area (Å²) in [6.07, 6.45) is 1.85. The highest BCUT2D eigenvalue weighted by Gasteiger charge is 2.06. The summed E-state index contributed by atoms with van der Waals surface area (Å²) in [5, 5.41) is 8.36. The fourth-order valence-electron chi connectivity index (χ4n) is 2.44. The van der Waals surface area contributed by atoms with E-state index in [2.05, 4.69) is 16.4 Å². The van der Waals surface area contributed by atoms with Gasteiger partial charge in [-0.25, -0.2) is 4.68 Å². The van der Waals surface area contributed by atoms with Gasteiger partial charge in [0.25, 0.3) is 0 Å². The summed E-state index contributed by atoms with van der Waals surface area (Å²) in [5.74, 6) is 1.57. The maximum absolute atomic E-state index is 5.80. The number of anilines is 1. The standard InChI is InChI=1S/C20H15N4O/c21-16-5-4-6-17(13-16)24-14-20(22-23-24)15-9-11-19(12-10-15)25-18-7-2-1-3-8-18/h1-12,14H,21H2. The van der Waals surface area contributed by atoms with Crippen LogP contribution in [0.25, 0.3) is 16.9 Å². The third-order valence-electron chi connectivity index (χ3n) is 3.67. The molecule has 25 heavy (non-hydrogen) atoms. The van der Waals surface area contributed by atoms with Gasteiger partial charge in [0.2, 0.25) is 0 Å². The zero-order valence-electron chi connectivity index (χ0n) is 13.3. The number of nitrogens with zero attached hydrogens (tertiary/aromatic N) is 3. The van der Waals surface area contributed by atoms with Crippen molar-refractivity contribution in [3.8, 4) is 28.4 Å².